The van der Waals surface area contributed by atoms with Gasteiger partial charge in [0.2, 0.25) is 0 Å². The quantitative estimate of drug-likeness (QED) is 0.492. The van der Waals surface area contributed by atoms with Gasteiger partial charge in [-0.05, 0) is 43.7 Å². The number of nitrogens with two attached hydrogens (primary N) is 1. The molecule has 1 saturated carbocycles. The molecule has 0 spiro atoms. The van der Waals surface area contributed by atoms with E-state index < -0.39 is 0 Å². The summed E-state index contributed by atoms with van der Waals surface area (Å²) in [6.07, 6.45) is 7.31. The van der Waals surface area contributed by atoms with E-state index in [9.17, 15) is 0 Å². The largest absolute Gasteiger partial charge is 0.373 e. The smallest absolute Gasteiger partial charge is 0.0889 e. The van der Waals surface area contributed by atoms with Gasteiger partial charge in [-0.3, -0.25) is 11.3 Å². The average Bonchev–Trinajstić information content (AvgIpc) is 2.68. The number of nitrogens with one attached hydrogen (secondary N) is 1. The van der Waals surface area contributed by atoms with Gasteiger partial charge < -0.3 is 4.74 Å². The van der Waals surface area contributed by atoms with Crippen molar-refractivity contribution in [3.8, 4) is 0 Å². The third-order valence-corrected chi connectivity index (χ3v) is 5.15. The van der Waals surface area contributed by atoms with Gasteiger partial charge in [0.1, 0.15) is 0 Å². The molecule has 0 bridgehead atoms. The van der Waals surface area contributed by atoms with Crippen molar-refractivity contribution in [1.82, 2.24) is 5.43 Å². The third-order valence-electron chi connectivity index (χ3n) is 4.28. The highest BCUT2D eigenvalue weighted by Gasteiger charge is 2.41. The van der Waals surface area contributed by atoms with Crippen molar-refractivity contribution in [2.45, 2.75) is 64.0 Å². The second-order valence-corrected chi connectivity index (χ2v) is 6.56. The van der Waals surface area contributed by atoms with Crippen LogP contribution in [-0.4, -0.2) is 12.2 Å². The van der Waals surface area contributed by atoms with Crippen LogP contribution < -0.4 is 11.3 Å². The highest BCUT2D eigenvalue weighted by Crippen LogP contribution is 2.41. The molecule has 0 radical (unpaired) electrons. The molecular weight excluding hydrogens is 256 g/mol. The SMILES string of the molecule is CCOC1(C(NN)c2ccsc2C)CCCCCC1. The van der Waals surface area contributed by atoms with Crippen LogP contribution in [0.1, 0.15) is 61.9 Å². The predicted octanol–water partition coefficient (Wildman–Crippen LogP) is 3.69. The van der Waals surface area contributed by atoms with Gasteiger partial charge in [-0.25, -0.2) is 0 Å². The summed E-state index contributed by atoms with van der Waals surface area (Å²) in [4.78, 5) is 1.34. The van der Waals surface area contributed by atoms with E-state index in [1.807, 2.05) is 0 Å². The van der Waals surface area contributed by atoms with Crippen molar-refractivity contribution in [2.75, 3.05) is 6.61 Å². The molecule has 1 aliphatic carbocycles. The molecule has 1 fully saturated rings. The number of hydrogen-bond donors (Lipinski definition) is 2. The molecule has 2 rings (SSSR count). The van der Waals surface area contributed by atoms with Crippen LogP contribution in [0.2, 0.25) is 0 Å². The summed E-state index contributed by atoms with van der Waals surface area (Å²) in [5.41, 5.74) is 4.23. The molecule has 1 aromatic heterocycles. The van der Waals surface area contributed by atoms with Gasteiger partial charge in [0, 0.05) is 11.5 Å². The van der Waals surface area contributed by atoms with E-state index in [2.05, 4.69) is 30.7 Å². The highest BCUT2D eigenvalue weighted by atomic mass is 32.1. The molecule has 19 heavy (non-hydrogen) atoms. The molecule has 108 valence electrons. The van der Waals surface area contributed by atoms with Crippen LogP contribution >= 0.6 is 11.3 Å². The Kier molecular flexibility index (Phi) is 5.39. The first-order chi connectivity index (χ1) is 9.23. The zero-order chi connectivity index (χ0) is 13.7. The molecule has 3 nitrogen and oxygen atoms in total. The Balaban J connectivity index is 2.31. The number of hydrogen-bond acceptors (Lipinski definition) is 4. The van der Waals surface area contributed by atoms with Crippen LogP contribution in [0.25, 0.3) is 0 Å². The fourth-order valence-electron chi connectivity index (χ4n) is 3.35. The summed E-state index contributed by atoms with van der Waals surface area (Å²) in [5, 5.41) is 2.14. The van der Waals surface area contributed by atoms with Crippen LogP contribution in [0.3, 0.4) is 0 Å². The zero-order valence-electron chi connectivity index (χ0n) is 12.1. The number of rotatable bonds is 5. The van der Waals surface area contributed by atoms with Crippen LogP contribution in [-0.2, 0) is 4.74 Å². The first-order valence-electron chi connectivity index (χ1n) is 7.37. The molecule has 4 heteroatoms. The lowest BCUT2D eigenvalue weighted by atomic mass is 9.82. The monoisotopic (exact) mass is 282 g/mol. The maximum Gasteiger partial charge on any atom is 0.0889 e. The van der Waals surface area contributed by atoms with E-state index in [1.54, 1.807) is 11.3 Å². The minimum absolute atomic E-state index is 0.108. The third kappa shape index (κ3) is 3.19. The van der Waals surface area contributed by atoms with Crippen molar-refractivity contribution in [2.24, 2.45) is 5.84 Å². The van der Waals surface area contributed by atoms with E-state index in [0.29, 0.717) is 0 Å². The topological polar surface area (TPSA) is 47.3 Å². The molecule has 0 aliphatic heterocycles. The molecule has 0 amide bonds. The van der Waals surface area contributed by atoms with Crippen LogP contribution in [0, 0.1) is 6.92 Å². The summed E-state index contributed by atoms with van der Waals surface area (Å²) in [6, 6.07) is 2.30. The van der Waals surface area contributed by atoms with Crippen molar-refractivity contribution in [3.63, 3.8) is 0 Å². The molecule has 0 aromatic carbocycles. The Morgan fingerprint density at radius 2 is 2.05 bits per heavy atom. The van der Waals surface area contributed by atoms with Gasteiger partial charge in [-0.15, -0.1) is 11.3 Å². The Hall–Kier alpha value is -0.420. The van der Waals surface area contributed by atoms with Gasteiger partial charge in [-0.1, -0.05) is 25.7 Å². The molecular formula is C15H26N2OS. The van der Waals surface area contributed by atoms with Crippen LogP contribution in [0.4, 0.5) is 0 Å². The van der Waals surface area contributed by atoms with Crippen molar-refractivity contribution in [3.05, 3.63) is 21.9 Å². The molecule has 1 atom stereocenters. The number of hydrazine groups is 1. The lowest BCUT2D eigenvalue weighted by Crippen LogP contribution is -2.48. The standard InChI is InChI=1S/C15H26N2OS/c1-3-18-15(9-6-4-5-7-10-15)14(17-16)13-8-11-19-12(13)2/h8,11,14,17H,3-7,9-10,16H2,1-2H3. The summed E-state index contributed by atoms with van der Waals surface area (Å²) in [5.74, 6) is 5.90. The van der Waals surface area contributed by atoms with E-state index in [1.165, 1.54) is 36.1 Å². The maximum absolute atomic E-state index is 6.24. The molecule has 3 N–H and O–H groups in total. The fourth-order valence-corrected chi connectivity index (χ4v) is 4.09. The molecule has 1 aromatic rings. The molecule has 0 saturated heterocycles. The Morgan fingerprint density at radius 3 is 2.53 bits per heavy atom. The number of thiophene rings is 1. The Morgan fingerprint density at radius 1 is 1.37 bits per heavy atom. The first-order valence-corrected chi connectivity index (χ1v) is 8.25. The second kappa shape index (κ2) is 6.84. The van der Waals surface area contributed by atoms with Crippen LogP contribution in [0.5, 0.6) is 0 Å². The van der Waals surface area contributed by atoms with E-state index in [0.717, 1.165) is 19.4 Å². The predicted molar refractivity (Wildman–Crippen MR) is 81.2 cm³/mol. The van der Waals surface area contributed by atoms with Crippen molar-refractivity contribution < 1.29 is 4.74 Å². The van der Waals surface area contributed by atoms with Crippen molar-refractivity contribution >= 4 is 11.3 Å². The molecule has 1 heterocycles. The molecule has 1 unspecified atom stereocenters. The first kappa shape index (κ1) is 15.0. The Bertz CT molecular complexity index is 383. The average molecular weight is 282 g/mol. The van der Waals surface area contributed by atoms with E-state index in [-0.39, 0.29) is 11.6 Å². The highest BCUT2D eigenvalue weighted by molar-refractivity contribution is 7.10. The zero-order valence-corrected chi connectivity index (χ0v) is 12.9. The minimum Gasteiger partial charge on any atom is -0.373 e. The van der Waals surface area contributed by atoms with E-state index >= 15 is 0 Å². The molecule has 1 aliphatic rings. The summed E-state index contributed by atoms with van der Waals surface area (Å²) < 4.78 is 6.24. The van der Waals surface area contributed by atoms with Gasteiger partial charge in [0.25, 0.3) is 0 Å². The summed E-state index contributed by atoms with van der Waals surface area (Å²) in [6.45, 7) is 5.00. The lowest BCUT2D eigenvalue weighted by Gasteiger charge is -2.40. The van der Waals surface area contributed by atoms with Crippen LogP contribution in [0.15, 0.2) is 11.4 Å². The van der Waals surface area contributed by atoms with Gasteiger partial charge in [0.15, 0.2) is 0 Å². The Labute approximate surface area is 120 Å². The number of ether oxygens (including phenoxy) is 1. The van der Waals surface area contributed by atoms with E-state index in [4.69, 9.17) is 10.6 Å². The summed E-state index contributed by atoms with van der Waals surface area (Å²) in [7, 11) is 0. The van der Waals surface area contributed by atoms with Crippen molar-refractivity contribution in [1.29, 1.82) is 0 Å². The number of aryl methyl sites for hydroxylation is 1. The summed E-state index contributed by atoms with van der Waals surface area (Å²) >= 11 is 1.78. The van der Waals surface area contributed by atoms with Gasteiger partial charge in [-0.2, -0.15) is 0 Å². The minimum atomic E-state index is -0.133. The fraction of sp³-hybridized carbons (Fsp3) is 0.733. The maximum atomic E-state index is 6.24. The van der Waals surface area contributed by atoms with Gasteiger partial charge in [0.05, 0.1) is 11.6 Å². The second-order valence-electron chi connectivity index (χ2n) is 5.44. The normalized spacial score (nSPS) is 21.0. The van der Waals surface area contributed by atoms with Gasteiger partial charge >= 0.3 is 0 Å². The lowest BCUT2D eigenvalue weighted by molar-refractivity contribution is -0.0783.